The molecule has 0 bridgehead atoms. The number of para-hydroxylation sites is 1. The number of aromatic nitrogens is 2. The topological polar surface area (TPSA) is 51.8 Å². The quantitative estimate of drug-likeness (QED) is 0.738. The van der Waals surface area contributed by atoms with Gasteiger partial charge in [-0.1, -0.05) is 18.2 Å². The van der Waals surface area contributed by atoms with Gasteiger partial charge in [-0.15, -0.1) is 0 Å². The maximum Gasteiger partial charge on any atom is 0.194 e. The van der Waals surface area contributed by atoms with Crippen molar-refractivity contribution < 1.29 is 13.2 Å². The zero-order chi connectivity index (χ0) is 15.0. The van der Waals surface area contributed by atoms with Gasteiger partial charge in [-0.05, 0) is 12.1 Å². The van der Waals surface area contributed by atoms with E-state index in [-0.39, 0.29) is 5.56 Å². The van der Waals surface area contributed by atoms with Crippen LogP contribution in [0.4, 0.5) is 13.2 Å². The summed E-state index contributed by atoms with van der Waals surface area (Å²) in [6.07, 6.45) is 3.01. The first-order valence-corrected chi connectivity index (χ1v) is 6.18. The Morgan fingerprint density at radius 1 is 0.857 bits per heavy atom. The van der Waals surface area contributed by atoms with Crippen LogP contribution >= 0.6 is 0 Å². The van der Waals surface area contributed by atoms with Gasteiger partial charge in [-0.2, -0.15) is 0 Å². The molecule has 0 aliphatic carbocycles. The SMILES string of the molecule is NC(c1ccc(F)c(F)c1F)c1cccc2nccnc12. The fourth-order valence-electron chi connectivity index (χ4n) is 2.21. The van der Waals surface area contributed by atoms with Crippen LogP contribution in [0.5, 0.6) is 0 Å². The number of fused-ring (bicyclic) bond motifs is 1. The Hall–Kier alpha value is -2.47. The van der Waals surface area contributed by atoms with Crippen molar-refractivity contribution in [2.75, 3.05) is 0 Å². The summed E-state index contributed by atoms with van der Waals surface area (Å²) >= 11 is 0. The number of benzene rings is 2. The van der Waals surface area contributed by atoms with E-state index in [1.165, 1.54) is 12.4 Å². The number of hydrogen-bond donors (Lipinski definition) is 1. The molecule has 0 fully saturated rings. The molecule has 1 atom stereocenters. The number of halogens is 3. The number of nitrogens with two attached hydrogens (primary N) is 1. The van der Waals surface area contributed by atoms with Gasteiger partial charge in [0.05, 0.1) is 17.1 Å². The third-order valence-electron chi connectivity index (χ3n) is 3.27. The van der Waals surface area contributed by atoms with Crippen molar-refractivity contribution in [3.8, 4) is 0 Å². The van der Waals surface area contributed by atoms with Crippen molar-refractivity contribution >= 4 is 11.0 Å². The van der Waals surface area contributed by atoms with Gasteiger partial charge < -0.3 is 5.73 Å². The van der Waals surface area contributed by atoms with Crippen molar-refractivity contribution in [2.24, 2.45) is 5.73 Å². The van der Waals surface area contributed by atoms with Crippen LogP contribution in [0.25, 0.3) is 11.0 Å². The van der Waals surface area contributed by atoms with E-state index in [4.69, 9.17) is 5.73 Å². The first-order valence-electron chi connectivity index (χ1n) is 6.18. The summed E-state index contributed by atoms with van der Waals surface area (Å²) in [5.41, 5.74) is 7.45. The Labute approximate surface area is 118 Å². The van der Waals surface area contributed by atoms with E-state index < -0.39 is 23.5 Å². The second-order valence-corrected chi connectivity index (χ2v) is 4.51. The van der Waals surface area contributed by atoms with E-state index in [9.17, 15) is 13.2 Å². The summed E-state index contributed by atoms with van der Waals surface area (Å²) in [6.45, 7) is 0. The number of nitrogens with zero attached hydrogens (tertiary/aromatic N) is 2. The number of rotatable bonds is 2. The van der Waals surface area contributed by atoms with Crippen molar-refractivity contribution in [1.29, 1.82) is 0 Å². The van der Waals surface area contributed by atoms with Crippen LogP contribution in [0.2, 0.25) is 0 Å². The highest BCUT2D eigenvalue weighted by Crippen LogP contribution is 2.28. The Kier molecular flexibility index (Phi) is 3.31. The minimum Gasteiger partial charge on any atom is -0.320 e. The summed E-state index contributed by atoms with van der Waals surface area (Å²) in [5, 5.41) is 0. The minimum atomic E-state index is -1.53. The monoisotopic (exact) mass is 289 g/mol. The fraction of sp³-hybridized carbons (Fsp3) is 0.0667. The molecule has 2 aromatic carbocycles. The molecule has 0 aliphatic heterocycles. The van der Waals surface area contributed by atoms with Crippen molar-refractivity contribution in [2.45, 2.75) is 6.04 Å². The lowest BCUT2D eigenvalue weighted by atomic mass is 9.97. The van der Waals surface area contributed by atoms with Gasteiger partial charge in [0.2, 0.25) is 0 Å². The molecule has 106 valence electrons. The lowest BCUT2D eigenvalue weighted by Gasteiger charge is -2.15. The summed E-state index contributed by atoms with van der Waals surface area (Å²) in [5.74, 6) is -4.07. The fourth-order valence-corrected chi connectivity index (χ4v) is 2.21. The van der Waals surface area contributed by atoms with E-state index in [0.717, 1.165) is 12.1 Å². The van der Waals surface area contributed by atoms with Crippen LogP contribution in [0.1, 0.15) is 17.2 Å². The van der Waals surface area contributed by atoms with Crippen LogP contribution in [0.3, 0.4) is 0 Å². The second-order valence-electron chi connectivity index (χ2n) is 4.51. The molecule has 3 nitrogen and oxygen atoms in total. The van der Waals surface area contributed by atoms with Crippen LogP contribution in [0, 0.1) is 17.5 Å². The molecule has 0 amide bonds. The lowest BCUT2D eigenvalue weighted by Crippen LogP contribution is -2.16. The molecule has 0 saturated carbocycles. The smallest absolute Gasteiger partial charge is 0.194 e. The van der Waals surface area contributed by atoms with Gasteiger partial charge in [-0.3, -0.25) is 9.97 Å². The van der Waals surface area contributed by atoms with Gasteiger partial charge in [0.1, 0.15) is 0 Å². The Morgan fingerprint density at radius 2 is 1.62 bits per heavy atom. The molecule has 3 aromatic rings. The second kappa shape index (κ2) is 5.14. The molecule has 3 rings (SSSR count). The molecule has 0 radical (unpaired) electrons. The third kappa shape index (κ3) is 2.23. The molecule has 0 spiro atoms. The summed E-state index contributed by atoms with van der Waals surface area (Å²) < 4.78 is 40.2. The standard InChI is InChI=1S/C15H10F3N3/c16-10-5-4-8(12(17)13(10)18)14(19)9-2-1-3-11-15(9)21-7-6-20-11/h1-7,14H,19H2. The minimum absolute atomic E-state index is 0.132. The zero-order valence-corrected chi connectivity index (χ0v) is 10.7. The molecular formula is C15H10F3N3. The van der Waals surface area contributed by atoms with Gasteiger partial charge >= 0.3 is 0 Å². The van der Waals surface area contributed by atoms with Gasteiger partial charge in [0.25, 0.3) is 0 Å². The molecule has 21 heavy (non-hydrogen) atoms. The largest absolute Gasteiger partial charge is 0.320 e. The molecule has 1 aromatic heterocycles. The normalized spacial score (nSPS) is 12.6. The van der Waals surface area contributed by atoms with Crippen LogP contribution in [-0.4, -0.2) is 9.97 Å². The van der Waals surface area contributed by atoms with Gasteiger partial charge in [0, 0.05) is 23.5 Å². The molecular weight excluding hydrogens is 279 g/mol. The number of hydrogen-bond acceptors (Lipinski definition) is 3. The maximum absolute atomic E-state index is 13.9. The zero-order valence-electron chi connectivity index (χ0n) is 10.7. The lowest BCUT2D eigenvalue weighted by molar-refractivity contribution is 0.438. The third-order valence-corrected chi connectivity index (χ3v) is 3.27. The van der Waals surface area contributed by atoms with E-state index in [2.05, 4.69) is 9.97 Å². The van der Waals surface area contributed by atoms with Gasteiger partial charge in [-0.25, -0.2) is 13.2 Å². The summed E-state index contributed by atoms with van der Waals surface area (Å²) in [4.78, 5) is 8.29. The summed E-state index contributed by atoms with van der Waals surface area (Å²) in [6, 6.07) is 6.10. The molecule has 0 aliphatic rings. The molecule has 1 unspecified atom stereocenters. The van der Waals surface area contributed by atoms with E-state index in [1.807, 2.05) is 0 Å². The average molecular weight is 289 g/mol. The molecule has 2 N–H and O–H groups in total. The molecule has 6 heteroatoms. The first kappa shape index (κ1) is 13.5. The highest BCUT2D eigenvalue weighted by atomic mass is 19.2. The van der Waals surface area contributed by atoms with E-state index in [0.29, 0.717) is 16.6 Å². The Bertz CT molecular complexity index is 815. The predicted molar refractivity (Wildman–Crippen MR) is 71.9 cm³/mol. The first-order chi connectivity index (χ1) is 10.1. The van der Waals surface area contributed by atoms with Crippen molar-refractivity contribution in [1.82, 2.24) is 9.97 Å². The van der Waals surface area contributed by atoms with Crippen LogP contribution in [0.15, 0.2) is 42.7 Å². The highest BCUT2D eigenvalue weighted by molar-refractivity contribution is 5.78. The summed E-state index contributed by atoms with van der Waals surface area (Å²) in [7, 11) is 0. The predicted octanol–water partition coefficient (Wildman–Crippen LogP) is 3.10. The van der Waals surface area contributed by atoms with Crippen LogP contribution < -0.4 is 5.73 Å². The maximum atomic E-state index is 13.9. The highest BCUT2D eigenvalue weighted by Gasteiger charge is 2.21. The average Bonchev–Trinajstić information content (AvgIpc) is 2.51. The Balaban J connectivity index is 2.17. The van der Waals surface area contributed by atoms with Crippen LogP contribution in [-0.2, 0) is 0 Å². The Morgan fingerprint density at radius 3 is 2.43 bits per heavy atom. The molecule has 0 saturated heterocycles. The van der Waals surface area contributed by atoms with Crippen molar-refractivity contribution in [3.05, 3.63) is 71.3 Å². The molecule has 1 heterocycles. The van der Waals surface area contributed by atoms with E-state index in [1.54, 1.807) is 18.2 Å². The van der Waals surface area contributed by atoms with Gasteiger partial charge in [0.15, 0.2) is 17.5 Å². The van der Waals surface area contributed by atoms with E-state index >= 15 is 0 Å². The van der Waals surface area contributed by atoms with Crippen molar-refractivity contribution in [3.63, 3.8) is 0 Å².